The second-order valence-corrected chi connectivity index (χ2v) is 14.7. The van der Waals surface area contributed by atoms with Gasteiger partial charge < -0.3 is 14.9 Å². The molecule has 3 aromatic rings. The maximum absolute atomic E-state index is 13.0. The van der Waals surface area contributed by atoms with Gasteiger partial charge >= 0.3 is 0 Å². The number of fused-ring (bicyclic) bond motifs is 1. The van der Waals surface area contributed by atoms with Crippen molar-refractivity contribution < 1.29 is 13.0 Å². The number of benzene rings is 1. The normalized spacial score (nSPS) is 23.4. The van der Waals surface area contributed by atoms with Crippen molar-refractivity contribution in [3.05, 3.63) is 47.5 Å². The van der Waals surface area contributed by atoms with Crippen molar-refractivity contribution in [3.8, 4) is 0 Å². The van der Waals surface area contributed by atoms with E-state index >= 15 is 0 Å². The third kappa shape index (κ3) is 5.05. The molecule has 0 radical (unpaired) electrons. The smallest absolute Gasteiger partial charge is 0.273 e. The second kappa shape index (κ2) is 10.2. The standard InChI is InChI=1S/C23H28N4O3S4/c1-27(34(29,30)21-6-3-11-31-21)20-5-2-4-16-14-19(26-22(16)20)23-25-15-18(32-23)7-10-24-17-8-12-33(28)13-9-17/h2-6,11,14,17-18,24,26H,7-10,12-13,15H2,1H3. The van der Waals surface area contributed by atoms with Crippen molar-refractivity contribution in [2.75, 3.05) is 35.9 Å². The van der Waals surface area contributed by atoms with Gasteiger partial charge in [-0.05, 0) is 36.5 Å². The molecule has 11 heteroatoms. The van der Waals surface area contributed by atoms with Crippen molar-refractivity contribution >= 4 is 65.9 Å². The molecular formula is C23H28N4O3S4. The Morgan fingerprint density at radius 3 is 2.85 bits per heavy atom. The number of hydrogen-bond acceptors (Lipinski definition) is 7. The maximum atomic E-state index is 13.0. The van der Waals surface area contributed by atoms with Crippen LogP contribution in [0.3, 0.4) is 0 Å². The van der Waals surface area contributed by atoms with E-state index in [4.69, 9.17) is 4.99 Å². The van der Waals surface area contributed by atoms with E-state index in [0.717, 1.165) is 65.5 Å². The molecule has 0 saturated carbocycles. The Hall–Kier alpha value is -1.50. The van der Waals surface area contributed by atoms with Crippen LogP contribution in [0.15, 0.2) is 51.0 Å². The summed E-state index contributed by atoms with van der Waals surface area (Å²) in [6.45, 7) is 1.73. The fraction of sp³-hybridized carbons (Fsp3) is 0.435. The fourth-order valence-corrected chi connectivity index (χ4v) is 9.11. The highest BCUT2D eigenvalue weighted by molar-refractivity contribution is 8.15. The Bertz CT molecular complexity index is 1260. The number of H-pyrrole nitrogens is 1. The number of para-hydroxylation sites is 1. The first-order valence-corrected chi connectivity index (χ1v) is 16.0. The summed E-state index contributed by atoms with van der Waals surface area (Å²) < 4.78 is 39.3. The first-order valence-electron chi connectivity index (χ1n) is 11.4. The Morgan fingerprint density at radius 1 is 1.26 bits per heavy atom. The number of thioether (sulfide) groups is 1. The first kappa shape index (κ1) is 24.2. The summed E-state index contributed by atoms with van der Waals surface area (Å²) >= 11 is 2.38. The van der Waals surface area contributed by atoms with Crippen LogP contribution in [0, 0.1) is 0 Å². The van der Waals surface area contributed by atoms with Gasteiger partial charge in [0.15, 0.2) is 0 Å². The lowest BCUT2D eigenvalue weighted by atomic mass is 10.1. The number of hydrogen-bond donors (Lipinski definition) is 2. The zero-order valence-electron chi connectivity index (χ0n) is 18.9. The lowest BCUT2D eigenvalue weighted by Gasteiger charge is -2.25. The van der Waals surface area contributed by atoms with Gasteiger partial charge in [-0.1, -0.05) is 41.1 Å². The maximum Gasteiger partial charge on any atom is 0.273 e. The van der Waals surface area contributed by atoms with Crippen LogP contribution in [0.2, 0.25) is 0 Å². The third-order valence-corrected chi connectivity index (χ3v) is 12.1. The van der Waals surface area contributed by atoms with Gasteiger partial charge in [0, 0.05) is 36.6 Å². The van der Waals surface area contributed by atoms with Gasteiger partial charge in [-0.15, -0.1) is 11.3 Å². The van der Waals surface area contributed by atoms with Crippen LogP contribution < -0.4 is 9.62 Å². The molecule has 34 heavy (non-hydrogen) atoms. The van der Waals surface area contributed by atoms with Crippen molar-refractivity contribution in [1.29, 1.82) is 0 Å². The van der Waals surface area contributed by atoms with E-state index < -0.39 is 21.2 Å². The summed E-state index contributed by atoms with van der Waals surface area (Å²) in [4.78, 5) is 8.21. The number of rotatable bonds is 8. The largest absolute Gasteiger partial charge is 0.616 e. The molecular weight excluding hydrogens is 509 g/mol. The first-order chi connectivity index (χ1) is 16.4. The van der Waals surface area contributed by atoms with Crippen molar-refractivity contribution in [3.63, 3.8) is 0 Å². The Kier molecular flexibility index (Phi) is 7.29. The molecule has 2 aliphatic heterocycles. The average molecular weight is 537 g/mol. The highest BCUT2D eigenvalue weighted by atomic mass is 32.2. The van der Waals surface area contributed by atoms with Gasteiger partial charge in [0.1, 0.15) is 20.8 Å². The van der Waals surface area contributed by atoms with Gasteiger partial charge in [0.2, 0.25) is 0 Å². The van der Waals surface area contributed by atoms with E-state index in [-0.39, 0.29) is 0 Å². The van der Waals surface area contributed by atoms with E-state index in [2.05, 4.69) is 16.4 Å². The van der Waals surface area contributed by atoms with Crippen LogP contribution in [-0.4, -0.2) is 65.9 Å². The minimum Gasteiger partial charge on any atom is -0.616 e. The van der Waals surface area contributed by atoms with Crippen LogP contribution in [0.4, 0.5) is 5.69 Å². The van der Waals surface area contributed by atoms with Crippen molar-refractivity contribution in [2.45, 2.75) is 34.8 Å². The lowest BCUT2D eigenvalue weighted by Crippen LogP contribution is -2.38. The molecule has 1 saturated heterocycles. The molecule has 0 spiro atoms. The molecule has 1 atom stereocenters. The molecule has 4 heterocycles. The van der Waals surface area contributed by atoms with E-state index in [1.54, 1.807) is 36.3 Å². The summed E-state index contributed by atoms with van der Waals surface area (Å²) in [6, 6.07) is 11.6. The number of nitrogens with zero attached hydrogens (tertiary/aromatic N) is 2. The predicted octanol–water partition coefficient (Wildman–Crippen LogP) is 3.81. The van der Waals surface area contributed by atoms with Gasteiger partial charge in [0.05, 0.1) is 23.4 Å². The van der Waals surface area contributed by atoms with Crippen LogP contribution in [0.25, 0.3) is 10.9 Å². The second-order valence-electron chi connectivity index (χ2n) is 8.58. The summed E-state index contributed by atoms with van der Waals surface area (Å²) in [7, 11) is -2.01. The number of thiophene rings is 1. The van der Waals surface area contributed by atoms with E-state index in [1.807, 2.05) is 18.2 Å². The van der Waals surface area contributed by atoms with Crippen LogP contribution in [0.5, 0.6) is 0 Å². The topological polar surface area (TPSA) is 101 Å². The van der Waals surface area contributed by atoms with Crippen LogP contribution >= 0.6 is 23.1 Å². The quantitative estimate of drug-likeness (QED) is 0.427. The molecule has 1 aromatic carbocycles. The molecule has 1 unspecified atom stereocenters. The molecule has 1 fully saturated rings. The molecule has 2 N–H and O–H groups in total. The average Bonchev–Trinajstić information content (AvgIpc) is 3.60. The minimum absolute atomic E-state index is 0.326. The molecule has 2 aromatic heterocycles. The number of anilines is 1. The number of aromatic nitrogens is 1. The van der Waals surface area contributed by atoms with Crippen molar-refractivity contribution in [2.24, 2.45) is 4.99 Å². The summed E-state index contributed by atoms with van der Waals surface area (Å²) in [5.74, 6) is 1.63. The fourth-order valence-electron chi connectivity index (χ4n) is 4.35. The van der Waals surface area contributed by atoms with Crippen LogP contribution in [0.1, 0.15) is 25.0 Å². The van der Waals surface area contributed by atoms with E-state index in [0.29, 0.717) is 21.2 Å². The summed E-state index contributed by atoms with van der Waals surface area (Å²) in [6.07, 6.45) is 3.03. The zero-order chi connectivity index (χ0) is 23.7. The van der Waals surface area contributed by atoms with Crippen molar-refractivity contribution in [1.82, 2.24) is 10.3 Å². The van der Waals surface area contributed by atoms with Gasteiger partial charge in [-0.25, -0.2) is 8.42 Å². The Morgan fingerprint density at radius 2 is 2.09 bits per heavy atom. The number of nitrogens with one attached hydrogen (secondary N) is 2. The number of aromatic amines is 1. The summed E-state index contributed by atoms with van der Waals surface area (Å²) in [5, 5.41) is 7.76. The Balaban J connectivity index is 1.25. The Labute approximate surface area is 211 Å². The third-order valence-electron chi connectivity index (χ3n) is 6.32. The molecule has 2 aliphatic rings. The molecule has 0 bridgehead atoms. The van der Waals surface area contributed by atoms with Gasteiger partial charge in [-0.3, -0.25) is 9.30 Å². The predicted molar refractivity (Wildman–Crippen MR) is 145 cm³/mol. The molecule has 7 nitrogen and oxygen atoms in total. The summed E-state index contributed by atoms with van der Waals surface area (Å²) in [5.41, 5.74) is 2.35. The molecule has 182 valence electrons. The molecule has 0 amide bonds. The number of aliphatic imine (C=N–C) groups is 1. The molecule has 0 aliphatic carbocycles. The lowest BCUT2D eigenvalue weighted by molar-refractivity contribution is 0.458. The number of sulfonamides is 1. The van der Waals surface area contributed by atoms with Gasteiger partial charge in [-0.2, -0.15) is 0 Å². The van der Waals surface area contributed by atoms with E-state index in [9.17, 15) is 13.0 Å². The van der Waals surface area contributed by atoms with Crippen LogP contribution in [-0.2, 0) is 21.2 Å². The monoisotopic (exact) mass is 536 g/mol. The SMILES string of the molecule is CN(c1cccc2cc(C3=NCC(CCNC4CC[S+]([O-])CC4)S3)[nH]c12)S(=O)(=O)c1cccs1. The molecule has 5 rings (SSSR count). The highest BCUT2D eigenvalue weighted by Gasteiger charge is 2.27. The van der Waals surface area contributed by atoms with E-state index in [1.165, 1.54) is 15.6 Å². The van der Waals surface area contributed by atoms with Gasteiger partial charge in [0.25, 0.3) is 10.0 Å². The zero-order valence-corrected chi connectivity index (χ0v) is 22.2. The highest BCUT2D eigenvalue weighted by Crippen LogP contribution is 2.34. The minimum atomic E-state index is -3.61.